The van der Waals surface area contributed by atoms with Crippen LogP contribution in [0.1, 0.15) is 11.1 Å². The van der Waals surface area contributed by atoms with Crippen molar-refractivity contribution in [3.05, 3.63) is 102 Å². The maximum atomic E-state index is 9.22. The van der Waals surface area contributed by atoms with Gasteiger partial charge in [0.15, 0.2) is 0 Å². The molecule has 1 heterocycles. The van der Waals surface area contributed by atoms with Crippen molar-refractivity contribution in [2.24, 2.45) is 0 Å². The van der Waals surface area contributed by atoms with E-state index in [0.717, 1.165) is 33.6 Å². The van der Waals surface area contributed by atoms with Crippen molar-refractivity contribution in [1.29, 1.82) is 0 Å². The number of nitrogens with zero attached hydrogens (tertiary/aromatic N) is 2. The fraction of sp³-hybridized carbons (Fsp3) is 0.0870. The second-order valence-electron chi connectivity index (χ2n) is 6.28. The summed E-state index contributed by atoms with van der Waals surface area (Å²) in [6.45, 7) is 0.748. The third-order valence-electron chi connectivity index (χ3n) is 4.46. The van der Waals surface area contributed by atoms with Gasteiger partial charge in [-0.1, -0.05) is 84.9 Å². The van der Waals surface area contributed by atoms with Crippen LogP contribution >= 0.6 is 0 Å². The molecule has 3 aromatic carbocycles. The molecular weight excluding hydrogens is 320 g/mol. The van der Waals surface area contributed by atoms with Gasteiger partial charge in [-0.05, 0) is 22.8 Å². The van der Waals surface area contributed by atoms with Crippen LogP contribution in [0.15, 0.2) is 91.0 Å². The fourth-order valence-electron chi connectivity index (χ4n) is 3.05. The SMILES string of the molecule is OCc1ccc(Cn2nc(-c3ccccc3)cc2-c2ccccc2)cc1. The molecule has 0 radical (unpaired) electrons. The first-order valence-electron chi connectivity index (χ1n) is 8.71. The lowest BCUT2D eigenvalue weighted by Crippen LogP contribution is -2.04. The van der Waals surface area contributed by atoms with Gasteiger partial charge in [0.1, 0.15) is 0 Å². The Balaban J connectivity index is 1.75. The zero-order valence-electron chi connectivity index (χ0n) is 14.4. The van der Waals surface area contributed by atoms with Crippen LogP contribution in [-0.2, 0) is 13.2 Å². The monoisotopic (exact) mass is 340 g/mol. The summed E-state index contributed by atoms with van der Waals surface area (Å²) < 4.78 is 2.05. The predicted molar refractivity (Wildman–Crippen MR) is 105 cm³/mol. The number of aromatic nitrogens is 2. The summed E-state index contributed by atoms with van der Waals surface area (Å²) >= 11 is 0. The average molecular weight is 340 g/mol. The average Bonchev–Trinajstić information content (AvgIpc) is 3.14. The van der Waals surface area contributed by atoms with Crippen LogP contribution in [0, 0.1) is 0 Å². The third kappa shape index (κ3) is 3.44. The molecule has 4 rings (SSSR count). The zero-order chi connectivity index (χ0) is 17.8. The molecule has 0 saturated heterocycles. The minimum Gasteiger partial charge on any atom is -0.392 e. The summed E-state index contributed by atoms with van der Waals surface area (Å²) in [5, 5.41) is 14.1. The van der Waals surface area contributed by atoms with E-state index in [1.165, 1.54) is 0 Å². The Kier molecular flexibility index (Phi) is 4.63. The number of aliphatic hydroxyl groups is 1. The van der Waals surface area contributed by atoms with Crippen LogP contribution in [0.3, 0.4) is 0 Å². The van der Waals surface area contributed by atoms with Gasteiger partial charge in [0.05, 0.1) is 24.5 Å². The Morgan fingerprint density at radius 2 is 1.27 bits per heavy atom. The summed E-state index contributed by atoms with van der Waals surface area (Å²) in [6.07, 6.45) is 0. The molecule has 0 saturated carbocycles. The van der Waals surface area contributed by atoms with Gasteiger partial charge in [-0.25, -0.2) is 0 Å². The van der Waals surface area contributed by atoms with Gasteiger partial charge < -0.3 is 5.11 Å². The lowest BCUT2D eigenvalue weighted by Gasteiger charge is -2.08. The van der Waals surface area contributed by atoms with E-state index in [2.05, 4.69) is 30.3 Å². The minimum absolute atomic E-state index is 0.0650. The van der Waals surface area contributed by atoms with Crippen LogP contribution < -0.4 is 0 Å². The van der Waals surface area contributed by atoms with Crippen molar-refractivity contribution >= 4 is 0 Å². The highest BCUT2D eigenvalue weighted by Gasteiger charge is 2.11. The van der Waals surface area contributed by atoms with Gasteiger partial charge in [-0.3, -0.25) is 4.68 Å². The second kappa shape index (κ2) is 7.38. The van der Waals surface area contributed by atoms with Gasteiger partial charge in [-0.2, -0.15) is 5.10 Å². The summed E-state index contributed by atoms with van der Waals surface area (Å²) in [4.78, 5) is 0. The summed E-state index contributed by atoms with van der Waals surface area (Å²) in [6, 6.07) is 30.7. The summed E-state index contributed by atoms with van der Waals surface area (Å²) in [7, 11) is 0. The molecule has 128 valence electrons. The van der Waals surface area contributed by atoms with Crippen LogP contribution in [0.2, 0.25) is 0 Å². The molecular formula is C23H20N2O. The van der Waals surface area contributed by atoms with E-state index in [1.807, 2.05) is 65.3 Å². The molecule has 1 N–H and O–H groups in total. The van der Waals surface area contributed by atoms with E-state index in [-0.39, 0.29) is 6.61 Å². The molecule has 4 aromatic rings. The molecule has 0 aliphatic carbocycles. The molecule has 0 atom stereocenters. The maximum Gasteiger partial charge on any atom is 0.0929 e. The van der Waals surface area contributed by atoms with Crippen molar-refractivity contribution in [1.82, 2.24) is 9.78 Å². The Morgan fingerprint density at radius 1 is 0.692 bits per heavy atom. The van der Waals surface area contributed by atoms with Gasteiger partial charge in [0.25, 0.3) is 0 Å². The summed E-state index contributed by atoms with van der Waals surface area (Å²) in [5.41, 5.74) is 6.39. The molecule has 3 heteroatoms. The van der Waals surface area contributed by atoms with E-state index in [4.69, 9.17) is 5.10 Å². The number of hydrogen-bond acceptors (Lipinski definition) is 2. The number of rotatable bonds is 5. The van der Waals surface area contributed by atoms with Crippen LogP contribution in [0.5, 0.6) is 0 Å². The van der Waals surface area contributed by atoms with Crippen molar-refractivity contribution < 1.29 is 5.11 Å². The molecule has 0 fully saturated rings. The van der Waals surface area contributed by atoms with Gasteiger partial charge >= 0.3 is 0 Å². The smallest absolute Gasteiger partial charge is 0.0929 e. The summed E-state index contributed by atoms with van der Waals surface area (Å²) in [5.74, 6) is 0. The first-order chi connectivity index (χ1) is 12.8. The molecule has 0 spiro atoms. The molecule has 3 nitrogen and oxygen atoms in total. The topological polar surface area (TPSA) is 38.0 Å². The van der Waals surface area contributed by atoms with E-state index in [9.17, 15) is 5.11 Å². The quantitative estimate of drug-likeness (QED) is 0.569. The van der Waals surface area contributed by atoms with Gasteiger partial charge in [0, 0.05) is 5.56 Å². The largest absolute Gasteiger partial charge is 0.392 e. The van der Waals surface area contributed by atoms with Crippen LogP contribution in [-0.4, -0.2) is 14.9 Å². The van der Waals surface area contributed by atoms with E-state index in [0.29, 0.717) is 6.54 Å². The van der Waals surface area contributed by atoms with Crippen molar-refractivity contribution in [3.8, 4) is 22.5 Å². The molecule has 0 bridgehead atoms. The highest BCUT2D eigenvalue weighted by Crippen LogP contribution is 2.26. The van der Waals surface area contributed by atoms with Gasteiger partial charge in [-0.15, -0.1) is 0 Å². The number of aliphatic hydroxyl groups excluding tert-OH is 1. The number of hydrogen-bond donors (Lipinski definition) is 1. The normalized spacial score (nSPS) is 10.8. The molecule has 26 heavy (non-hydrogen) atoms. The van der Waals surface area contributed by atoms with Crippen molar-refractivity contribution in [2.75, 3.05) is 0 Å². The number of benzene rings is 3. The van der Waals surface area contributed by atoms with E-state index in [1.54, 1.807) is 0 Å². The highest BCUT2D eigenvalue weighted by molar-refractivity contribution is 5.68. The Labute approximate surface area is 153 Å². The first-order valence-corrected chi connectivity index (χ1v) is 8.71. The Bertz CT molecular complexity index is 974. The molecule has 0 amide bonds. The van der Waals surface area contributed by atoms with Crippen LogP contribution in [0.4, 0.5) is 0 Å². The van der Waals surface area contributed by atoms with Crippen molar-refractivity contribution in [3.63, 3.8) is 0 Å². The Hall–Kier alpha value is -3.17. The van der Waals surface area contributed by atoms with Crippen molar-refractivity contribution in [2.45, 2.75) is 13.2 Å². The zero-order valence-corrected chi connectivity index (χ0v) is 14.4. The lowest BCUT2D eigenvalue weighted by molar-refractivity contribution is 0.282. The van der Waals surface area contributed by atoms with Gasteiger partial charge in [0.2, 0.25) is 0 Å². The second-order valence-corrected chi connectivity index (χ2v) is 6.28. The molecule has 0 unspecified atom stereocenters. The van der Waals surface area contributed by atoms with Crippen LogP contribution in [0.25, 0.3) is 22.5 Å². The van der Waals surface area contributed by atoms with E-state index < -0.39 is 0 Å². The van der Waals surface area contributed by atoms with E-state index >= 15 is 0 Å². The minimum atomic E-state index is 0.0650. The molecule has 0 aliphatic heterocycles. The lowest BCUT2D eigenvalue weighted by atomic mass is 10.1. The standard InChI is InChI=1S/C23H20N2O/c26-17-19-13-11-18(12-14-19)16-25-23(21-9-5-2-6-10-21)15-22(24-25)20-7-3-1-4-8-20/h1-15,26H,16-17H2. The molecule has 1 aromatic heterocycles. The Morgan fingerprint density at radius 3 is 1.88 bits per heavy atom. The first kappa shape index (κ1) is 16.3. The third-order valence-corrected chi connectivity index (χ3v) is 4.46. The predicted octanol–water partition coefficient (Wildman–Crippen LogP) is 4.76. The maximum absolute atomic E-state index is 9.22. The highest BCUT2D eigenvalue weighted by atomic mass is 16.3. The fourth-order valence-corrected chi connectivity index (χ4v) is 3.05. The molecule has 0 aliphatic rings.